The molecule has 0 atom stereocenters. The number of nitrogens with zero attached hydrogens (tertiary/aromatic N) is 3. The van der Waals surface area contributed by atoms with Crippen molar-refractivity contribution in [2.24, 2.45) is 0 Å². The number of rotatable bonds is 3. The van der Waals surface area contributed by atoms with Gasteiger partial charge in [0.25, 0.3) is 5.69 Å². The van der Waals surface area contributed by atoms with E-state index in [1.165, 1.54) is 12.1 Å². The molecule has 0 aliphatic heterocycles. The van der Waals surface area contributed by atoms with Gasteiger partial charge in [0.1, 0.15) is 0 Å². The second kappa shape index (κ2) is 6.14. The van der Waals surface area contributed by atoms with Gasteiger partial charge in [-0.15, -0.1) is 0 Å². The standard InChI is InChI=1S/C16H9N3O2/c17-10-12-5-7-13(8-6-12)15(11-18)9-14-3-1-2-4-16(14)19(20)21/h1-9H. The normalized spacial score (nSPS) is 10.5. The Bertz CT molecular complexity index is 794. The van der Waals surface area contributed by atoms with E-state index < -0.39 is 4.92 Å². The van der Waals surface area contributed by atoms with Gasteiger partial charge >= 0.3 is 0 Å². The SMILES string of the molecule is N#CC(=Cc1ccccc1[N+](=O)[O-])c1ccc(C#N)cc1. The van der Waals surface area contributed by atoms with Crippen molar-refractivity contribution >= 4 is 17.3 Å². The first-order valence-corrected chi connectivity index (χ1v) is 6.01. The van der Waals surface area contributed by atoms with E-state index in [1.807, 2.05) is 12.1 Å². The fraction of sp³-hybridized carbons (Fsp3) is 0. The second-order valence-corrected chi connectivity index (χ2v) is 4.17. The Morgan fingerprint density at radius 1 is 1.10 bits per heavy atom. The molecule has 2 aromatic rings. The molecule has 5 nitrogen and oxygen atoms in total. The summed E-state index contributed by atoms with van der Waals surface area (Å²) in [5, 5.41) is 29.0. The lowest BCUT2D eigenvalue weighted by Gasteiger charge is -2.01. The molecule has 0 bridgehead atoms. The number of nitro groups is 1. The number of hydrogen-bond acceptors (Lipinski definition) is 4. The summed E-state index contributed by atoms with van der Waals surface area (Å²) >= 11 is 0. The molecule has 0 fully saturated rings. The van der Waals surface area contributed by atoms with Crippen molar-refractivity contribution in [2.45, 2.75) is 0 Å². The van der Waals surface area contributed by atoms with Gasteiger partial charge in [-0.1, -0.05) is 24.3 Å². The lowest BCUT2D eigenvalue weighted by molar-refractivity contribution is -0.385. The van der Waals surface area contributed by atoms with Gasteiger partial charge in [-0.25, -0.2) is 0 Å². The first-order valence-electron chi connectivity index (χ1n) is 6.01. The molecule has 0 aliphatic carbocycles. The molecule has 100 valence electrons. The number of allylic oxidation sites excluding steroid dienone is 1. The Kier molecular flexibility index (Phi) is 4.09. The predicted molar refractivity (Wildman–Crippen MR) is 77.7 cm³/mol. The van der Waals surface area contributed by atoms with Crippen molar-refractivity contribution < 1.29 is 4.92 Å². The van der Waals surface area contributed by atoms with E-state index in [4.69, 9.17) is 5.26 Å². The van der Waals surface area contributed by atoms with Crippen LogP contribution in [0.1, 0.15) is 16.7 Å². The van der Waals surface area contributed by atoms with Gasteiger partial charge in [-0.05, 0) is 29.8 Å². The lowest BCUT2D eigenvalue weighted by atomic mass is 10.0. The second-order valence-electron chi connectivity index (χ2n) is 4.17. The third-order valence-corrected chi connectivity index (χ3v) is 2.88. The molecule has 0 saturated heterocycles. The molecule has 2 rings (SSSR count). The highest BCUT2D eigenvalue weighted by Crippen LogP contribution is 2.24. The van der Waals surface area contributed by atoms with Crippen LogP contribution in [0.2, 0.25) is 0 Å². The molecular formula is C16H9N3O2. The molecule has 0 saturated carbocycles. The van der Waals surface area contributed by atoms with Crippen LogP contribution in [0.25, 0.3) is 11.6 Å². The fourth-order valence-electron chi connectivity index (χ4n) is 1.84. The van der Waals surface area contributed by atoms with E-state index in [0.29, 0.717) is 22.3 Å². The topological polar surface area (TPSA) is 90.7 Å². The van der Waals surface area contributed by atoms with Gasteiger partial charge in [-0.3, -0.25) is 10.1 Å². The van der Waals surface area contributed by atoms with E-state index in [-0.39, 0.29) is 5.69 Å². The minimum absolute atomic E-state index is 0.0566. The first-order chi connectivity index (χ1) is 10.2. The van der Waals surface area contributed by atoms with Gasteiger partial charge < -0.3 is 0 Å². The highest BCUT2D eigenvalue weighted by molar-refractivity contribution is 5.91. The summed E-state index contributed by atoms with van der Waals surface area (Å²) in [5.74, 6) is 0. The third-order valence-electron chi connectivity index (χ3n) is 2.88. The highest BCUT2D eigenvalue weighted by atomic mass is 16.6. The maximum Gasteiger partial charge on any atom is 0.276 e. The number of benzene rings is 2. The van der Waals surface area contributed by atoms with Gasteiger partial charge in [0, 0.05) is 6.07 Å². The highest BCUT2D eigenvalue weighted by Gasteiger charge is 2.11. The van der Waals surface area contributed by atoms with Crippen LogP contribution < -0.4 is 0 Å². The molecule has 0 aromatic heterocycles. The van der Waals surface area contributed by atoms with Crippen LogP contribution in [-0.4, -0.2) is 4.92 Å². The minimum Gasteiger partial charge on any atom is -0.258 e. The monoisotopic (exact) mass is 275 g/mol. The Balaban J connectivity index is 2.49. The minimum atomic E-state index is -0.487. The molecule has 0 amide bonds. The van der Waals surface area contributed by atoms with E-state index in [9.17, 15) is 15.4 Å². The van der Waals surface area contributed by atoms with E-state index >= 15 is 0 Å². The zero-order chi connectivity index (χ0) is 15.2. The smallest absolute Gasteiger partial charge is 0.258 e. The third kappa shape index (κ3) is 3.12. The first kappa shape index (κ1) is 14.0. The number of nitro benzene ring substituents is 1. The van der Waals surface area contributed by atoms with Crippen molar-refractivity contribution in [3.8, 4) is 12.1 Å². The van der Waals surface area contributed by atoms with Gasteiger partial charge in [0.05, 0.1) is 33.8 Å². The van der Waals surface area contributed by atoms with Crippen LogP contribution in [-0.2, 0) is 0 Å². The predicted octanol–water partition coefficient (Wildman–Crippen LogP) is 3.53. The molecule has 0 spiro atoms. The molecule has 0 aliphatic rings. The summed E-state index contributed by atoms with van der Waals surface area (Å²) in [6.07, 6.45) is 1.47. The van der Waals surface area contributed by atoms with Crippen LogP contribution in [0.15, 0.2) is 48.5 Å². The van der Waals surface area contributed by atoms with Crippen molar-refractivity contribution in [3.63, 3.8) is 0 Å². The molecule has 0 heterocycles. The number of para-hydroxylation sites is 1. The summed E-state index contributed by atoms with van der Waals surface area (Å²) < 4.78 is 0. The molecule has 5 heteroatoms. The Labute approximate surface area is 121 Å². The van der Waals surface area contributed by atoms with Crippen LogP contribution in [0.5, 0.6) is 0 Å². The van der Waals surface area contributed by atoms with E-state index in [1.54, 1.807) is 42.5 Å². The molecule has 2 aromatic carbocycles. The Morgan fingerprint density at radius 3 is 2.33 bits per heavy atom. The molecular weight excluding hydrogens is 266 g/mol. The van der Waals surface area contributed by atoms with Crippen LogP contribution in [0.4, 0.5) is 5.69 Å². The average Bonchev–Trinajstić information content (AvgIpc) is 2.53. The van der Waals surface area contributed by atoms with E-state index in [2.05, 4.69) is 0 Å². The zero-order valence-electron chi connectivity index (χ0n) is 10.9. The number of nitriles is 2. The molecule has 0 N–H and O–H groups in total. The maximum absolute atomic E-state index is 11.0. The molecule has 0 unspecified atom stereocenters. The fourth-order valence-corrected chi connectivity index (χ4v) is 1.84. The zero-order valence-corrected chi connectivity index (χ0v) is 10.9. The summed E-state index contributed by atoms with van der Waals surface area (Å²) in [6.45, 7) is 0. The van der Waals surface area contributed by atoms with Crippen LogP contribution in [0, 0.1) is 32.8 Å². The van der Waals surface area contributed by atoms with Crippen molar-refractivity contribution in [1.82, 2.24) is 0 Å². The largest absolute Gasteiger partial charge is 0.276 e. The quantitative estimate of drug-likeness (QED) is 0.371. The Morgan fingerprint density at radius 2 is 1.76 bits per heavy atom. The van der Waals surface area contributed by atoms with Gasteiger partial charge in [0.2, 0.25) is 0 Å². The average molecular weight is 275 g/mol. The van der Waals surface area contributed by atoms with Crippen LogP contribution in [0.3, 0.4) is 0 Å². The molecule has 0 radical (unpaired) electrons. The Hall–Kier alpha value is -3.44. The summed E-state index contributed by atoms with van der Waals surface area (Å²) in [6, 6.07) is 16.7. The van der Waals surface area contributed by atoms with Gasteiger partial charge in [0.15, 0.2) is 0 Å². The molecule has 21 heavy (non-hydrogen) atoms. The van der Waals surface area contributed by atoms with Crippen molar-refractivity contribution in [2.75, 3.05) is 0 Å². The number of hydrogen-bond donors (Lipinski definition) is 0. The van der Waals surface area contributed by atoms with Crippen LogP contribution >= 0.6 is 0 Å². The van der Waals surface area contributed by atoms with Gasteiger partial charge in [-0.2, -0.15) is 10.5 Å². The van der Waals surface area contributed by atoms with Crippen molar-refractivity contribution in [3.05, 3.63) is 75.3 Å². The van der Waals surface area contributed by atoms with Crippen molar-refractivity contribution in [1.29, 1.82) is 10.5 Å². The maximum atomic E-state index is 11.0. The summed E-state index contributed by atoms with van der Waals surface area (Å²) in [5.41, 5.74) is 1.70. The summed E-state index contributed by atoms with van der Waals surface area (Å²) in [4.78, 5) is 10.5. The lowest BCUT2D eigenvalue weighted by Crippen LogP contribution is -1.91. The van der Waals surface area contributed by atoms with E-state index in [0.717, 1.165) is 0 Å². The summed E-state index contributed by atoms with van der Waals surface area (Å²) in [7, 11) is 0.